The van der Waals surface area contributed by atoms with E-state index in [4.69, 9.17) is 5.73 Å². The van der Waals surface area contributed by atoms with Crippen LogP contribution in [0.15, 0.2) is 63.7 Å². The molecule has 6 nitrogen and oxygen atoms in total. The highest BCUT2D eigenvalue weighted by atomic mass is 32.2. The molecule has 0 heterocycles. The summed E-state index contributed by atoms with van der Waals surface area (Å²) in [5, 5.41) is 7.94. The highest BCUT2D eigenvalue weighted by Gasteiger charge is 2.18. The van der Waals surface area contributed by atoms with Gasteiger partial charge in [-0.15, -0.1) is 10.2 Å². The van der Waals surface area contributed by atoms with E-state index < -0.39 is 26.6 Å². The molecule has 0 aliphatic heterocycles. The normalized spacial score (nSPS) is 12.1. The standard InChI is InChI=1S/C16H11F2N3O3S/c17-9-5-6-13(12(18)7-9)20-21-14-8-15(25(22,23)24)10-3-1-2-4-11(10)16(14)19/h1-8H,19H2,(H,22,23,24). The molecule has 9 heteroatoms. The fourth-order valence-electron chi connectivity index (χ4n) is 2.32. The number of nitrogen functional groups attached to an aromatic ring is 1. The molecular formula is C16H11F2N3O3S. The first-order chi connectivity index (χ1) is 11.8. The van der Waals surface area contributed by atoms with Gasteiger partial charge in [-0.2, -0.15) is 8.42 Å². The van der Waals surface area contributed by atoms with E-state index in [1.807, 2.05) is 0 Å². The van der Waals surface area contributed by atoms with Crippen LogP contribution in [0.3, 0.4) is 0 Å². The van der Waals surface area contributed by atoms with Gasteiger partial charge in [-0.25, -0.2) is 8.78 Å². The quantitative estimate of drug-likeness (QED) is 0.410. The van der Waals surface area contributed by atoms with Crippen LogP contribution in [0.2, 0.25) is 0 Å². The Balaban J connectivity index is 2.19. The van der Waals surface area contributed by atoms with Gasteiger partial charge in [0.05, 0.1) is 5.69 Å². The molecule has 0 amide bonds. The Morgan fingerprint density at radius 2 is 1.56 bits per heavy atom. The second kappa shape index (κ2) is 6.19. The molecule has 0 saturated heterocycles. The van der Waals surface area contributed by atoms with Crippen molar-refractivity contribution in [1.82, 2.24) is 0 Å². The molecule has 128 valence electrons. The summed E-state index contributed by atoms with van der Waals surface area (Å²) in [6.45, 7) is 0. The van der Waals surface area contributed by atoms with Gasteiger partial charge < -0.3 is 5.73 Å². The van der Waals surface area contributed by atoms with E-state index in [1.165, 1.54) is 6.07 Å². The van der Waals surface area contributed by atoms with Crippen LogP contribution in [-0.4, -0.2) is 13.0 Å². The number of halogens is 2. The molecule has 0 fully saturated rings. The van der Waals surface area contributed by atoms with Gasteiger partial charge >= 0.3 is 0 Å². The van der Waals surface area contributed by atoms with Crippen LogP contribution in [0.5, 0.6) is 0 Å². The Kier molecular flexibility index (Phi) is 4.19. The lowest BCUT2D eigenvalue weighted by Crippen LogP contribution is -2.01. The maximum absolute atomic E-state index is 13.6. The Labute approximate surface area is 141 Å². The molecule has 0 aromatic heterocycles. The van der Waals surface area contributed by atoms with Crippen LogP contribution < -0.4 is 5.73 Å². The van der Waals surface area contributed by atoms with Crippen molar-refractivity contribution in [2.75, 3.05) is 5.73 Å². The molecule has 3 N–H and O–H groups in total. The maximum Gasteiger partial charge on any atom is 0.295 e. The van der Waals surface area contributed by atoms with E-state index in [0.29, 0.717) is 11.5 Å². The van der Waals surface area contributed by atoms with Crippen molar-refractivity contribution in [3.8, 4) is 0 Å². The fourth-order valence-corrected chi connectivity index (χ4v) is 3.03. The summed E-state index contributed by atoms with van der Waals surface area (Å²) in [5.41, 5.74) is 5.76. The Hall–Kier alpha value is -2.91. The van der Waals surface area contributed by atoms with Gasteiger partial charge in [0, 0.05) is 16.8 Å². The first kappa shape index (κ1) is 16.9. The summed E-state index contributed by atoms with van der Waals surface area (Å²) in [6, 6.07) is 10.0. The highest BCUT2D eigenvalue weighted by molar-refractivity contribution is 7.86. The molecule has 3 aromatic rings. The second-order valence-corrected chi connectivity index (χ2v) is 6.51. The van der Waals surface area contributed by atoms with E-state index in [9.17, 15) is 21.8 Å². The van der Waals surface area contributed by atoms with Crippen molar-refractivity contribution < 1.29 is 21.8 Å². The molecule has 3 rings (SSSR count). The predicted octanol–water partition coefficient (Wildman–Crippen LogP) is 4.36. The van der Waals surface area contributed by atoms with E-state index in [-0.39, 0.29) is 22.4 Å². The minimum absolute atomic E-state index is 0.0740. The molecule has 0 atom stereocenters. The lowest BCUT2D eigenvalue weighted by Gasteiger charge is -2.09. The van der Waals surface area contributed by atoms with Crippen LogP contribution in [0.25, 0.3) is 10.8 Å². The van der Waals surface area contributed by atoms with E-state index >= 15 is 0 Å². The summed E-state index contributed by atoms with van der Waals surface area (Å²) >= 11 is 0. The zero-order chi connectivity index (χ0) is 18.2. The van der Waals surface area contributed by atoms with Crippen molar-refractivity contribution in [2.45, 2.75) is 4.90 Å². The lowest BCUT2D eigenvalue weighted by atomic mass is 10.1. The van der Waals surface area contributed by atoms with Crippen LogP contribution in [0, 0.1) is 11.6 Å². The van der Waals surface area contributed by atoms with Gasteiger partial charge in [-0.05, 0) is 18.2 Å². The maximum atomic E-state index is 13.6. The molecular weight excluding hydrogens is 352 g/mol. The number of benzene rings is 3. The topological polar surface area (TPSA) is 105 Å². The minimum atomic E-state index is -4.55. The minimum Gasteiger partial charge on any atom is -0.396 e. The van der Waals surface area contributed by atoms with Crippen molar-refractivity contribution in [3.63, 3.8) is 0 Å². The Morgan fingerprint density at radius 3 is 2.20 bits per heavy atom. The molecule has 0 unspecified atom stereocenters. The van der Waals surface area contributed by atoms with Crippen molar-refractivity contribution in [2.24, 2.45) is 10.2 Å². The van der Waals surface area contributed by atoms with Gasteiger partial charge in [-0.1, -0.05) is 24.3 Å². The number of azo groups is 1. The third kappa shape index (κ3) is 3.32. The largest absolute Gasteiger partial charge is 0.396 e. The third-order valence-electron chi connectivity index (χ3n) is 3.48. The van der Waals surface area contributed by atoms with Gasteiger partial charge in [0.25, 0.3) is 10.1 Å². The smallest absolute Gasteiger partial charge is 0.295 e. The third-order valence-corrected chi connectivity index (χ3v) is 4.37. The van der Waals surface area contributed by atoms with Crippen LogP contribution in [-0.2, 0) is 10.1 Å². The molecule has 3 aromatic carbocycles. The number of anilines is 1. The fraction of sp³-hybridized carbons (Fsp3) is 0. The van der Waals surface area contributed by atoms with Crippen molar-refractivity contribution >= 4 is 38.0 Å². The number of hydrogen-bond donors (Lipinski definition) is 2. The average Bonchev–Trinajstić information content (AvgIpc) is 2.54. The first-order valence-corrected chi connectivity index (χ1v) is 8.37. The summed E-state index contributed by atoms with van der Waals surface area (Å²) in [4.78, 5) is -0.397. The first-order valence-electron chi connectivity index (χ1n) is 6.93. The van der Waals surface area contributed by atoms with Crippen molar-refractivity contribution in [1.29, 1.82) is 0 Å². The van der Waals surface area contributed by atoms with Gasteiger partial charge in [0.2, 0.25) is 0 Å². The van der Waals surface area contributed by atoms with Crippen LogP contribution in [0.4, 0.5) is 25.8 Å². The zero-order valence-corrected chi connectivity index (χ0v) is 13.3. The number of rotatable bonds is 3. The van der Waals surface area contributed by atoms with E-state index in [2.05, 4.69) is 10.2 Å². The molecule has 0 spiro atoms. The average molecular weight is 363 g/mol. The van der Waals surface area contributed by atoms with Gasteiger partial charge in [-0.3, -0.25) is 4.55 Å². The van der Waals surface area contributed by atoms with Crippen LogP contribution >= 0.6 is 0 Å². The van der Waals surface area contributed by atoms with Gasteiger partial charge in [0.15, 0.2) is 5.82 Å². The Bertz CT molecular complexity index is 1120. The number of hydrogen-bond acceptors (Lipinski definition) is 5. The van der Waals surface area contributed by atoms with Gasteiger partial charge in [0.1, 0.15) is 22.1 Å². The molecule has 0 bridgehead atoms. The number of nitrogens with zero attached hydrogens (tertiary/aromatic N) is 2. The van der Waals surface area contributed by atoms with Crippen molar-refractivity contribution in [3.05, 3.63) is 60.2 Å². The molecule has 25 heavy (non-hydrogen) atoms. The van der Waals surface area contributed by atoms with Crippen LogP contribution in [0.1, 0.15) is 0 Å². The zero-order valence-electron chi connectivity index (χ0n) is 12.5. The number of fused-ring (bicyclic) bond motifs is 1. The SMILES string of the molecule is Nc1c(N=Nc2ccc(F)cc2F)cc(S(=O)(=O)O)c2ccccc12. The Morgan fingerprint density at radius 1 is 0.920 bits per heavy atom. The monoisotopic (exact) mass is 363 g/mol. The highest BCUT2D eigenvalue weighted by Crippen LogP contribution is 2.36. The molecule has 0 aliphatic rings. The predicted molar refractivity (Wildman–Crippen MR) is 88.7 cm³/mol. The lowest BCUT2D eigenvalue weighted by molar-refractivity contribution is 0.484. The molecule has 0 aliphatic carbocycles. The second-order valence-electron chi connectivity index (χ2n) is 5.12. The molecule has 0 radical (unpaired) electrons. The summed E-state index contributed by atoms with van der Waals surface area (Å²) in [5.74, 6) is -1.70. The summed E-state index contributed by atoms with van der Waals surface area (Å²) in [6.07, 6.45) is 0. The molecule has 0 saturated carbocycles. The summed E-state index contributed by atoms with van der Waals surface area (Å²) in [7, 11) is -4.55. The summed E-state index contributed by atoms with van der Waals surface area (Å²) < 4.78 is 59.2. The number of nitrogens with two attached hydrogens (primary N) is 1. The van der Waals surface area contributed by atoms with E-state index in [1.54, 1.807) is 18.2 Å². The van der Waals surface area contributed by atoms with E-state index in [0.717, 1.165) is 18.2 Å².